The van der Waals surface area contributed by atoms with Crippen LogP contribution in [-0.4, -0.2) is 31.2 Å². The van der Waals surface area contributed by atoms with Gasteiger partial charge in [0.1, 0.15) is 16.3 Å². The molecule has 1 heterocycles. The van der Waals surface area contributed by atoms with Gasteiger partial charge in [0.2, 0.25) is 0 Å². The summed E-state index contributed by atoms with van der Waals surface area (Å²) in [5, 5.41) is 5.08. The number of hydrogen-bond acceptors (Lipinski definition) is 3. The Hall–Kier alpha value is 0.360. The molecule has 0 atom stereocenters. The highest BCUT2D eigenvalue weighted by atomic mass is 79.9. The highest BCUT2D eigenvalue weighted by Crippen LogP contribution is 1.96. The Morgan fingerprint density at radius 3 is 2.38 bits per heavy atom. The number of nitrogens with one attached hydrogen (secondary N) is 1. The predicted molar refractivity (Wildman–Crippen MR) is 34.5 cm³/mol. The SMILES string of the molecule is BrON1CCNCC1. The monoisotopic (exact) mass is 180 g/mol. The van der Waals surface area contributed by atoms with E-state index in [-0.39, 0.29) is 0 Å². The molecular weight excluding hydrogens is 172 g/mol. The van der Waals surface area contributed by atoms with Crippen LogP contribution in [0.3, 0.4) is 0 Å². The molecule has 1 fully saturated rings. The molecule has 0 aromatic heterocycles. The highest BCUT2D eigenvalue weighted by Gasteiger charge is 2.07. The molecule has 0 aromatic rings. The van der Waals surface area contributed by atoms with E-state index in [1.807, 2.05) is 5.06 Å². The Balaban J connectivity index is 2.13. The third-order valence-electron chi connectivity index (χ3n) is 1.17. The predicted octanol–water partition coefficient (Wildman–Crippen LogP) is 0.133. The summed E-state index contributed by atoms with van der Waals surface area (Å²) in [6.07, 6.45) is 0. The van der Waals surface area contributed by atoms with E-state index in [4.69, 9.17) is 3.93 Å². The van der Waals surface area contributed by atoms with E-state index in [1.54, 1.807) is 0 Å². The first-order valence-electron chi connectivity index (χ1n) is 2.68. The summed E-state index contributed by atoms with van der Waals surface area (Å²) in [4.78, 5) is 0. The maximum absolute atomic E-state index is 4.80. The number of halogens is 1. The van der Waals surface area contributed by atoms with Gasteiger partial charge in [-0.1, -0.05) is 0 Å². The van der Waals surface area contributed by atoms with Crippen LogP contribution in [0.25, 0.3) is 0 Å². The molecule has 0 amide bonds. The summed E-state index contributed by atoms with van der Waals surface area (Å²) in [6, 6.07) is 0. The molecule has 0 spiro atoms. The summed E-state index contributed by atoms with van der Waals surface area (Å²) in [5.41, 5.74) is 0. The van der Waals surface area contributed by atoms with Gasteiger partial charge < -0.3 is 5.32 Å². The second kappa shape index (κ2) is 3.40. The zero-order valence-electron chi connectivity index (χ0n) is 4.56. The zero-order chi connectivity index (χ0) is 5.82. The molecule has 1 rings (SSSR count). The molecule has 1 aliphatic heterocycles. The molecular formula is C4H9BrN2O. The van der Waals surface area contributed by atoms with Crippen LogP contribution in [0.5, 0.6) is 0 Å². The van der Waals surface area contributed by atoms with E-state index < -0.39 is 0 Å². The Morgan fingerprint density at radius 2 is 2.00 bits per heavy atom. The van der Waals surface area contributed by atoms with Crippen molar-refractivity contribution in [1.82, 2.24) is 10.4 Å². The smallest absolute Gasteiger partial charge is 0.125 e. The molecule has 0 unspecified atom stereocenters. The molecule has 0 radical (unpaired) electrons. The van der Waals surface area contributed by atoms with E-state index in [0.717, 1.165) is 26.2 Å². The molecule has 0 aromatic carbocycles. The summed E-state index contributed by atoms with van der Waals surface area (Å²) in [5.74, 6) is 0. The lowest BCUT2D eigenvalue weighted by Gasteiger charge is -2.22. The number of hydroxylamine groups is 2. The van der Waals surface area contributed by atoms with Gasteiger partial charge in [0.25, 0.3) is 0 Å². The highest BCUT2D eigenvalue weighted by molar-refractivity contribution is 9.05. The maximum Gasteiger partial charge on any atom is 0.125 e. The standard InChI is InChI=1S/C4H9BrN2O/c5-8-7-3-1-6-2-4-7/h6H,1-4H2. The molecule has 3 nitrogen and oxygen atoms in total. The lowest BCUT2D eigenvalue weighted by atomic mass is 10.4. The number of nitrogens with zero attached hydrogens (tertiary/aromatic N) is 1. The molecule has 1 aliphatic rings. The van der Waals surface area contributed by atoms with Gasteiger partial charge in [0.15, 0.2) is 0 Å². The molecule has 1 saturated heterocycles. The molecule has 1 N–H and O–H groups in total. The van der Waals surface area contributed by atoms with Crippen molar-refractivity contribution in [1.29, 1.82) is 0 Å². The average Bonchev–Trinajstić information content (AvgIpc) is 1.90. The molecule has 0 aliphatic carbocycles. The van der Waals surface area contributed by atoms with Crippen molar-refractivity contribution < 1.29 is 3.93 Å². The Kier molecular flexibility index (Phi) is 2.75. The van der Waals surface area contributed by atoms with Gasteiger partial charge in [-0.25, -0.2) is 3.93 Å². The van der Waals surface area contributed by atoms with Crippen molar-refractivity contribution in [3.63, 3.8) is 0 Å². The van der Waals surface area contributed by atoms with Crippen LogP contribution in [0.1, 0.15) is 0 Å². The molecule has 0 bridgehead atoms. The second-order valence-corrected chi connectivity index (χ2v) is 2.04. The van der Waals surface area contributed by atoms with E-state index in [2.05, 4.69) is 21.6 Å². The maximum atomic E-state index is 4.80. The van der Waals surface area contributed by atoms with Crippen LogP contribution in [0.4, 0.5) is 0 Å². The quantitative estimate of drug-likeness (QED) is 0.622. The largest absolute Gasteiger partial charge is 0.314 e. The molecule has 48 valence electrons. The van der Waals surface area contributed by atoms with Crippen molar-refractivity contribution in [3.8, 4) is 0 Å². The first-order chi connectivity index (χ1) is 3.93. The van der Waals surface area contributed by atoms with Gasteiger partial charge >= 0.3 is 0 Å². The average molecular weight is 181 g/mol. The zero-order valence-corrected chi connectivity index (χ0v) is 6.15. The Morgan fingerprint density at radius 1 is 1.38 bits per heavy atom. The van der Waals surface area contributed by atoms with Crippen molar-refractivity contribution in [3.05, 3.63) is 0 Å². The number of piperazine rings is 1. The topological polar surface area (TPSA) is 24.5 Å². The van der Waals surface area contributed by atoms with Gasteiger partial charge in [-0.2, -0.15) is 5.06 Å². The minimum atomic E-state index is 0.964. The Labute approximate surface area is 57.4 Å². The van der Waals surface area contributed by atoms with Crippen molar-refractivity contribution in [2.24, 2.45) is 0 Å². The van der Waals surface area contributed by atoms with E-state index in [0.29, 0.717) is 0 Å². The fourth-order valence-corrected chi connectivity index (χ4v) is 1.00. The first-order valence-corrected chi connectivity index (χ1v) is 3.32. The van der Waals surface area contributed by atoms with Gasteiger partial charge in [-0.05, 0) is 0 Å². The van der Waals surface area contributed by atoms with E-state index in [1.165, 1.54) is 0 Å². The van der Waals surface area contributed by atoms with Gasteiger partial charge in [-0.15, -0.1) is 0 Å². The molecule has 0 saturated carbocycles. The van der Waals surface area contributed by atoms with Gasteiger partial charge in [0, 0.05) is 26.2 Å². The van der Waals surface area contributed by atoms with Crippen molar-refractivity contribution in [2.45, 2.75) is 0 Å². The van der Waals surface area contributed by atoms with Crippen LogP contribution >= 0.6 is 16.3 Å². The summed E-state index contributed by atoms with van der Waals surface area (Å²) in [6.45, 7) is 3.97. The summed E-state index contributed by atoms with van der Waals surface area (Å²) >= 11 is 2.91. The van der Waals surface area contributed by atoms with Crippen LogP contribution in [0, 0.1) is 0 Å². The van der Waals surface area contributed by atoms with Crippen molar-refractivity contribution in [2.75, 3.05) is 26.2 Å². The fraction of sp³-hybridized carbons (Fsp3) is 1.00. The summed E-state index contributed by atoms with van der Waals surface area (Å²) < 4.78 is 4.80. The van der Waals surface area contributed by atoms with Crippen molar-refractivity contribution >= 4 is 16.3 Å². The van der Waals surface area contributed by atoms with Gasteiger partial charge in [0.05, 0.1) is 0 Å². The van der Waals surface area contributed by atoms with Crippen LogP contribution in [0.2, 0.25) is 0 Å². The van der Waals surface area contributed by atoms with Crippen LogP contribution in [0.15, 0.2) is 0 Å². The number of rotatable bonds is 1. The third-order valence-corrected chi connectivity index (χ3v) is 1.58. The Bertz CT molecular complexity index is 65.1. The third kappa shape index (κ3) is 1.70. The van der Waals surface area contributed by atoms with Crippen LogP contribution < -0.4 is 5.32 Å². The normalized spacial score (nSPS) is 23.6. The lowest BCUT2D eigenvalue weighted by molar-refractivity contribution is -0.0356. The second-order valence-electron chi connectivity index (χ2n) is 1.75. The number of hydrogen-bond donors (Lipinski definition) is 1. The minimum absolute atomic E-state index is 0.964. The fourth-order valence-electron chi connectivity index (χ4n) is 0.713. The molecule has 8 heavy (non-hydrogen) atoms. The van der Waals surface area contributed by atoms with E-state index in [9.17, 15) is 0 Å². The lowest BCUT2D eigenvalue weighted by Crippen LogP contribution is -2.41. The van der Waals surface area contributed by atoms with Crippen LogP contribution in [-0.2, 0) is 3.93 Å². The first kappa shape index (κ1) is 6.48. The summed E-state index contributed by atoms with van der Waals surface area (Å²) in [7, 11) is 0. The van der Waals surface area contributed by atoms with Gasteiger partial charge in [-0.3, -0.25) is 0 Å². The molecule has 4 heteroatoms. The minimum Gasteiger partial charge on any atom is -0.314 e. The van der Waals surface area contributed by atoms with E-state index >= 15 is 0 Å².